The Morgan fingerprint density at radius 1 is 1.47 bits per heavy atom. The highest BCUT2D eigenvalue weighted by atomic mass is 32.2. The van der Waals surface area contributed by atoms with E-state index in [9.17, 15) is 13.2 Å². The van der Waals surface area contributed by atoms with Crippen LogP contribution in [0.5, 0.6) is 0 Å². The number of carbonyl (C=O) groups excluding carboxylic acids is 1. The van der Waals surface area contributed by atoms with Crippen LogP contribution in [0.4, 0.5) is 0 Å². The van der Waals surface area contributed by atoms with Gasteiger partial charge in [-0.25, -0.2) is 0 Å². The van der Waals surface area contributed by atoms with Gasteiger partial charge in [0, 0.05) is 19.1 Å². The standard InChI is InChI=1S/C11H21N3O4S/c1-2-18-11(15)10-4-3-7-14(10)19(16,17)13-9-5-6-12-8-9/h9-10,12-13H,2-8H2,1H3/t9-,10?/m1/s1. The summed E-state index contributed by atoms with van der Waals surface area (Å²) in [4.78, 5) is 11.8. The number of ether oxygens (including phenoxy) is 1. The van der Waals surface area contributed by atoms with Crippen LogP contribution in [0.1, 0.15) is 26.2 Å². The number of hydrogen-bond donors (Lipinski definition) is 2. The summed E-state index contributed by atoms with van der Waals surface area (Å²) in [5, 5.41) is 3.10. The van der Waals surface area contributed by atoms with E-state index in [1.807, 2.05) is 0 Å². The highest BCUT2D eigenvalue weighted by Crippen LogP contribution is 2.22. The minimum absolute atomic E-state index is 0.0894. The molecule has 0 spiro atoms. The molecule has 2 heterocycles. The normalized spacial score (nSPS) is 28.7. The van der Waals surface area contributed by atoms with Gasteiger partial charge in [0.25, 0.3) is 10.2 Å². The van der Waals surface area contributed by atoms with Crippen molar-refractivity contribution in [1.82, 2.24) is 14.3 Å². The second-order valence-corrected chi connectivity index (χ2v) is 6.49. The zero-order chi connectivity index (χ0) is 13.9. The lowest BCUT2D eigenvalue weighted by Crippen LogP contribution is -2.50. The fraction of sp³-hybridized carbons (Fsp3) is 0.909. The van der Waals surface area contributed by atoms with Crippen LogP contribution in [0.3, 0.4) is 0 Å². The fourth-order valence-corrected chi connectivity index (χ4v) is 4.19. The summed E-state index contributed by atoms with van der Waals surface area (Å²) in [5.74, 6) is -0.449. The van der Waals surface area contributed by atoms with E-state index in [0.29, 0.717) is 25.9 Å². The van der Waals surface area contributed by atoms with Gasteiger partial charge in [0.1, 0.15) is 6.04 Å². The monoisotopic (exact) mass is 291 g/mol. The van der Waals surface area contributed by atoms with Gasteiger partial charge < -0.3 is 10.1 Å². The lowest BCUT2D eigenvalue weighted by molar-refractivity contribution is -0.146. The number of hydrogen-bond acceptors (Lipinski definition) is 5. The fourth-order valence-electron chi connectivity index (χ4n) is 2.54. The van der Waals surface area contributed by atoms with Crippen molar-refractivity contribution in [2.75, 3.05) is 26.2 Å². The number of carbonyl (C=O) groups is 1. The molecule has 2 N–H and O–H groups in total. The molecule has 0 aromatic carbocycles. The Labute approximate surface area is 113 Å². The maximum atomic E-state index is 12.3. The molecule has 2 saturated heterocycles. The number of nitrogens with zero attached hydrogens (tertiary/aromatic N) is 1. The maximum absolute atomic E-state index is 12.3. The molecular weight excluding hydrogens is 270 g/mol. The second-order valence-electron chi connectivity index (χ2n) is 4.83. The first-order valence-corrected chi connectivity index (χ1v) is 8.15. The summed E-state index contributed by atoms with van der Waals surface area (Å²) in [5.41, 5.74) is 0. The highest BCUT2D eigenvalue weighted by Gasteiger charge is 2.40. The van der Waals surface area contributed by atoms with Gasteiger partial charge in [0.15, 0.2) is 0 Å². The van der Waals surface area contributed by atoms with Crippen LogP contribution in [-0.4, -0.2) is 57.0 Å². The van der Waals surface area contributed by atoms with E-state index < -0.39 is 22.2 Å². The van der Waals surface area contributed by atoms with E-state index in [0.717, 1.165) is 13.0 Å². The average Bonchev–Trinajstić information content (AvgIpc) is 2.98. The summed E-state index contributed by atoms with van der Waals surface area (Å²) in [6.45, 7) is 3.81. The van der Waals surface area contributed by atoms with E-state index >= 15 is 0 Å². The molecule has 2 atom stereocenters. The Hall–Kier alpha value is -0.700. The predicted octanol–water partition coefficient (Wildman–Crippen LogP) is -0.790. The van der Waals surface area contributed by atoms with Crippen molar-refractivity contribution < 1.29 is 17.9 Å². The van der Waals surface area contributed by atoms with Crippen LogP contribution in [0.15, 0.2) is 0 Å². The molecule has 0 amide bonds. The van der Waals surface area contributed by atoms with Crippen molar-refractivity contribution in [2.45, 2.75) is 38.3 Å². The Kier molecular flexibility index (Phi) is 4.77. The van der Waals surface area contributed by atoms with Crippen molar-refractivity contribution in [1.29, 1.82) is 0 Å². The molecule has 2 aliphatic rings. The first-order chi connectivity index (χ1) is 9.04. The van der Waals surface area contributed by atoms with E-state index in [4.69, 9.17) is 4.74 Å². The van der Waals surface area contributed by atoms with Gasteiger partial charge in [-0.05, 0) is 32.7 Å². The SMILES string of the molecule is CCOC(=O)C1CCCN1S(=O)(=O)N[C@@H]1CCNC1. The van der Waals surface area contributed by atoms with E-state index in [-0.39, 0.29) is 12.6 Å². The molecule has 7 nitrogen and oxygen atoms in total. The molecule has 2 rings (SSSR count). The van der Waals surface area contributed by atoms with Gasteiger partial charge in [-0.2, -0.15) is 17.4 Å². The molecule has 0 aromatic rings. The first kappa shape index (κ1) is 14.7. The van der Waals surface area contributed by atoms with Crippen molar-refractivity contribution in [3.05, 3.63) is 0 Å². The van der Waals surface area contributed by atoms with Gasteiger partial charge in [-0.15, -0.1) is 0 Å². The lowest BCUT2D eigenvalue weighted by atomic mass is 10.2. The van der Waals surface area contributed by atoms with Gasteiger partial charge >= 0.3 is 5.97 Å². The quantitative estimate of drug-likeness (QED) is 0.648. The molecule has 2 fully saturated rings. The molecular formula is C11H21N3O4S. The van der Waals surface area contributed by atoms with Gasteiger partial charge in [0.05, 0.1) is 6.61 Å². The van der Waals surface area contributed by atoms with Gasteiger partial charge in [0.2, 0.25) is 0 Å². The van der Waals surface area contributed by atoms with E-state index in [2.05, 4.69) is 10.0 Å². The average molecular weight is 291 g/mol. The van der Waals surface area contributed by atoms with Crippen LogP contribution in [0.25, 0.3) is 0 Å². The van der Waals surface area contributed by atoms with Crippen LogP contribution in [0, 0.1) is 0 Å². The summed E-state index contributed by atoms with van der Waals surface area (Å²) >= 11 is 0. The molecule has 19 heavy (non-hydrogen) atoms. The Morgan fingerprint density at radius 2 is 2.26 bits per heavy atom. The zero-order valence-corrected chi connectivity index (χ0v) is 11.9. The minimum atomic E-state index is -3.61. The predicted molar refractivity (Wildman–Crippen MR) is 69.7 cm³/mol. The summed E-state index contributed by atoms with van der Waals surface area (Å²) < 4.78 is 33.4. The third-order valence-electron chi connectivity index (χ3n) is 3.45. The number of nitrogens with one attached hydrogen (secondary N) is 2. The molecule has 110 valence electrons. The molecule has 8 heteroatoms. The second kappa shape index (κ2) is 6.17. The molecule has 0 aromatic heterocycles. The summed E-state index contributed by atoms with van der Waals surface area (Å²) in [7, 11) is -3.61. The Morgan fingerprint density at radius 3 is 2.89 bits per heavy atom. The van der Waals surface area contributed by atoms with E-state index in [1.54, 1.807) is 6.92 Å². The molecule has 0 bridgehead atoms. The maximum Gasteiger partial charge on any atom is 0.324 e. The first-order valence-electron chi connectivity index (χ1n) is 6.71. The number of esters is 1. The third-order valence-corrected chi connectivity index (χ3v) is 5.13. The smallest absolute Gasteiger partial charge is 0.324 e. The summed E-state index contributed by atoms with van der Waals surface area (Å²) in [6.07, 6.45) is 1.99. The van der Waals surface area contributed by atoms with Crippen molar-refractivity contribution in [3.63, 3.8) is 0 Å². The number of rotatable bonds is 5. The van der Waals surface area contributed by atoms with Crippen LogP contribution >= 0.6 is 0 Å². The third kappa shape index (κ3) is 3.44. The van der Waals surface area contributed by atoms with Gasteiger partial charge in [-0.1, -0.05) is 0 Å². The lowest BCUT2D eigenvalue weighted by Gasteiger charge is -2.24. The highest BCUT2D eigenvalue weighted by molar-refractivity contribution is 7.87. The van der Waals surface area contributed by atoms with Crippen LogP contribution in [-0.2, 0) is 19.7 Å². The van der Waals surface area contributed by atoms with Gasteiger partial charge in [-0.3, -0.25) is 4.79 Å². The topological polar surface area (TPSA) is 87.7 Å². The largest absolute Gasteiger partial charge is 0.465 e. The molecule has 0 radical (unpaired) electrons. The summed E-state index contributed by atoms with van der Waals surface area (Å²) in [6, 6.07) is -0.764. The van der Waals surface area contributed by atoms with Crippen molar-refractivity contribution in [3.8, 4) is 0 Å². The van der Waals surface area contributed by atoms with Crippen LogP contribution < -0.4 is 10.0 Å². The Bertz CT molecular complexity index is 420. The molecule has 1 unspecified atom stereocenters. The molecule has 0 aliphatic carbocycles. The Balaban J connectivity index is 2.03. The van der Waals surface area contributed by atoms with Crippen LogP contribution in [0.2, 0.25) is 0 Å². The minimum Gasteiger partial charge on any atom is -0.465 e. The van der Waals surface area contributed by atoms with Crippen molar-refractivity contribution >= 4 is 16.2 Å². The van der Waals surface area contributed by atoms with Crippen molar-refractivity contribution in [2.24, 2.45) is 0 Å². The van der Waals surface area contributed by atoms with E-state index in [1.165, 1.54) is 4.31 Å². The zero-order valence-electron chi connectivity index (χ0n) is 11.1. The molecule has 2 aliphatic heterocycles. The molecule has 0 saturated carbocycles.